The fraction of sp³-hybridized carbons (Fsp3) is 0.900. The number of nitrogens with one attached hydrogen (secondary N) is 1. The molecule has 1 saturated carbocycles. The van der Waals surface area contributed by atoms with E-state index in [1.165, 1.54) is 6.42 Å². The van der Waals surface area contributed by atoms with Crippen molar-refractivity contribution in [2.45, 2.75) is 43.8 Å². The molecule has 0 bridgehead atoms. The first-order valence-corrected chi connectivity index (χ1v) is 5.44. The highest BCUT2D eigenvalue weighted by Crippen LogP contribution is 2.27. The number of nitrogens with two attached hydrogens (primary N) is 1. The summed E-state index contributed by atoms with van der Waals surface area (Å²) in [4.78, 5) is 10.5. The van der Waals surface area contributed by atoms with Gasteiger partial charge < -0.3 is 21.3 Å². The molecule has 1 aliphatic rings. The summed E-state index contributed by atoms with van der Waals surface area (Å²) < 4.78 is 0. The van der Waals surface area contributed by atoms with Crippen LogP contribution in [0.4, 0.5) is 0 Å². The van der Waals surface area contributed by atoms with Gasteiger partial charge in [-0.3, -0.25) is 4.79 Å². The minimum atomic E-state index is -1.17. The Balaban J connectivity index is 2.21. The molecule has 0 spiro atoms. The molecule has 1 aliphatic carbocycles. The van der Waals surface area contributed by atoms with E-state index < -0.39 is 17.6 Å². The number of carbonyl (C=O) groups excluding carboxylic acids is 1. The molecule has 0 aromatic carbocycles. The molecule has 0 saturated heterocycles. The second kappa shape index (κ2) is 5.44. The molecule has 5 N–H and O–H groups in total. The topological polar surface area (TPSA) is 95.6 Å². The van der Waals surface area contributed by atoms with Crippen molar-refractivity contribution in [3.8, 4) is 0 Å². The maximum Gasteiger partial charge on any atom is 0.247 e. The van der Waals surface area contributed by atoms with Crippen molar-refractivity contribution in [2.24, 2.45) is 5.73 Å². The summed E-state index contributed by atoms with van der Waals surface area (Å²) in [5, 5.41) is 22.1. The summed E-state index contributed by atoms with van der Waals surface area (Å²) in [5.41, 5.74) is 4.23. The molecule has 1 amide bonds. The number of primary amides is 1. The van der Waals surface area contributed by atoms with Gasteiger partial charge in [-0.2, -0.15) is 0 Å². The molecule has 0 aromatic heterocycles. The van der Waals surface area contributed by atoms with E-state index in [9.17, 15) is 9.90 Å². The van der Waals surface area contributed by atoms with Gasteiger partial charge in [0.25, 0.3) is 0 Å². The van der Waals surface area contributed by atoms with Gasteiger partial charge in [-0.15, -0.1) is 0 Å². The van der Waals surface area contributed by atoms with Crippen molar-refractivity contribution >= 4 is 5.91 Å². The van der Waals surface area contributed by atoms with E-state index in [0.29, 0.717) is 6.54 Å². The van der Waals surface area contributed by atoms with Crippen LogP contribution in [0.3, 0.4) is 0 Å². The monoisotopic (exact) mass is 216 g/mol. The Morgan fingerprint density at radius 2 is 2.00 bits per heavy atom. The van der Waals surface area contributed by atoms with Crippen LogP contribution in [-0.4, -0.2) is 40.9 Å². The molecule has 88 valence electrons. The number of aliphatic hydroxyl groups excluding tert-OH is 1. The first-order valence-electron chi connectivity index (χ1n) is 5.44. The Hall–Kier alpha value is -0.650. The Bertz CT molecular complexity index is 215. The van der Waals surface area contributed by atoms with Crippen molar-refractivity contribution in [3.63, 3.8) is 0 Å². The summed E-state index contributed by atoms with van der Waals surface area (Å²) >= 11 is 0. The number of hydrogen-bond acceptors (Lipinski definition) is 4. The molecular formula is C10H20N2O3. The first kappa shape index (κ1) is 12.4. The third-order valence-electron chi connectivity index (χ3n) is 2.90. The minimum absolute atomic E-state index is 0.109. The molecule has 0 heterocycles. The van der Waals surface area contributed by atoms with E-state index in [-0.39, 0.29) is 6.54 Å². The van der Waals surface area contributed by atoms with Gasteiger partial charge in [0.1, 0.15) is 6.10 Å². The predicted molar refractivity (Wildman–Crippen MR) is 56.1 cm³/mol. The van der Waals surface area contributed by atoms with Crippen LogP contribution in [0.5, 0.6) is 0 Å². The largest absolute Gasteiger partial charge is 0.389 e. The highest BCUT2D eigenvalue weighted by Gasteiger charge is 2.28. The van der Waals surface area contributed by atoms with Crippen LogP contribution >= 0.6 is 0 Å². The fourth-order valence-corrected chi connectivity index (χ4v) is 1.93. The van der Waals surface area contributed by atoms with E-state index in [1.807, 2.05) is 0 Å². The SMILES string of the molecule is NC(=O)C(O)CNCC1(O)CCCCC1. The Kier molecular flexibility index (Phi) is 4.50. The summed E-state index contributed by atoms with van der Waals surface area (Å²) in [5.74, 6) is -0.738. The minimum Gasteiger partial charge on any atom is -0.389 e. The molecule has 1 fully saturated rings. The van der Waals surface area contributed by atoms with Crippen molar-refractivity contribution < 1.29 is 15.0 Å². The lowest BCUT2D eigenvalue weighted by atomic mass is 9.85. The molecule has 1 atom stereocenters. The maximum absolute atomic E-state index is 10.5. The number of aliphatic hydroxyl groups is 2. The fourth-order valence-electron chi connectivity index (χ4n) is 1.93. The van der Waals surface area contributed by atoms with Crippen molar-refractivity contribution in [2.75, 3.05) is 13.1 Å². The summed E-state index contributed by atoms with van der Waals surface area (Å²) in [7, 11) is 0. The van der Waals surface area contributed by atoms with Gasteiger partial charge in [0, 0.05) is 13.1 Å². The summed E-state index contributed by atoms with van der Waals surface area (Å²) in [6.07, 6.45) is 3.65. The number of carbonyl (C=O) groups is 1. The standard InChI is InChI=1S/C10H20N2O3/c11-9(14)8(13)6-12-7-10(15)4-2-1-3-5-10/h8,12-13,15H,1-7H2,(H2,11,14). The molecule has 0 aliphatic heterocycles. The van der Waals surface area contributed by atoms with E-state index in [2.05, 4.69) is 5.32 Å². The lowest BCUT2D eigenvalue weighted by Crippen LogP contribution is -2.46. The third kappa shape index (κ3) is 4.15. The Morgan fingerprint density at radius 1 is 1.40 bits per heavy atom. The van der Waals surface area contributed by atoms with E-state index in [0.717, 1.165) is 25.7 Å². The van der Waals surface area contributed by atoms with Crippen LogP contribution in [0.15, 0.2) is 0 Å². The van der Waals surface area contributed by atoms with Crippen LogP contribution in [0, 0.1) is 0 Å². The van der Waals surface area contributed by atoms with E-state index in [1.54, 1.807) is 0 Å². The van der Waals surface area contributed by atoms with Crippen molar-refractivity contribution in [1.82, 2.24) is 5.32 Å². The molecule has 0 radical (unpaired) electrons. The first-order chi connectivity index (χ1) is 7.03. The summed E-state index contributed by atoms with van der Waals surface area (Å²) in [6, 6.07) is 0. The zero-order valence-corrected chi connectivity index (χ0v) is 8.91. The zero-order valence-electron chi connectivity index (χ0n) is 8.91. The molecule has 1 rings (SSSR count). The van der Waals surface area contributed by atoms with Gasteiger partial charge in [-0.05, 0) is 12.8 Å². The van der Waals surface area contributed by atoms with Gasteiger partial charge in [0.2, 0.25) is 5.91 Å². The van der Waals surface area contributed by atoms with E-state index in [4.69, 9.17) is 10.8 Å². The van der Waals surface area contributed by atoms with Crippen LogP contribution in [0.1, 0.15) is 32.1 Å². The molecule has 1 unspecified atom stereocenters. The Labute approximate surface area is 89.7 Å². The smallest absolute Gasteiger partial charge is 0.247 e. The van der Waals surface area contributed by atoms with E-state index >= 15 is 0 Å². The third-order valence-corrected chi connectivity index (χ3v) is 2.90. The lowest BCUT2D eigenvalue weighted by molar-refractivity contribution is -0.125. The lowest BCUT2D eigenvalue weighted by Gasteiger charge is -2.32. The van der Waals surface area contributed by atoms with Crippen LogP contribution in [0.2, 0.25) is 0 Å². The van der Waals surface area contributed by atoms with Crippen LogP contribution in [-0.2, 0) is 4.79 Å². The highest BCUT2D eigenvalue weighted by molar-refractivity contribution is 5.78. The number of amides is 1. The van der Waals surface area contributed by atoms with Crippen molar-refractivity contribution in [3.05, 3.63) is 0 Å². The molecule has 5 heteroatoms. The molecule has 0 aromatic rings. The normalized spacial score (nSPS) is 22.3. The Morgan fingerprint density at radius 3 is 2.53 bits per heavy atom. The maximum atomic E-state index is 10.5. The molecule has 15 heavy (non-hydrogen) atoms. The second-order valence-corrected chi connectivity index (χ2v) is 4.33. The average molecular weight is 216 g/mol. The van der Waals surface area contributed by atoms with Gasteiger partial charge in [-0.25, -0.2) is 0 Å². The van der Waals surface area contributed by atoms with Gasteiger partial charge in [0.15, 0.2) is 0 Å². The van der Waals surface area contributed by atoms with Crippen molar-refractivity contribution in [1.29, 1.82) is 0 Å². The van der Waals surface area contributed by atoms with Crippen LogP contribution in [0.25, 0.3) is 0 Å². The number of hydrogen-bond donors (Lipinski definition) is 4. The van der Waals surface area contributed by atoms with Crippen LogP contribution < -0.4 is 11.1 Å². The molecular weight excluding hydrogens is 196 g/mol. The van der Waals surface area contributed by atoms with Gasteiger partial charge >= 0.3 is 0 Å². The average Bonchev–Trinajstić information content (AvgIpc) is 2.18. The van der Waals surface area contributed by atoms with Gasteiger partial charge in [-0.1, -0.05) is 19.3 Å². The number of rotatable bonds is 5. The van der Waals surface area contributed by atoms with Gasteiger partial charge in [0.05, 0.1) is 5.60 Å². The zero-order chi connectivity index (χ0) is 11.3. The quantitative estimate of drug-likeness (QED) is 0.480. The summed E-state index contributed by atoms with van der Waals surface area (Å²) in [6.45, 7) is 0.523. The molecule has 5 nitrogen and oxygen atoms in total. The predicted octanol–water partition coefficient (Wildman–Crippen LogP) is -0.883. The second-order valence-electron chi connectivity index (χ2n) is 4.33. The highest BCUT2D eigenvalue weighted by atomic mass is 16.3.